The highest BCUT2D eigenvalue weighted by Gasteiger charge is 2.07. The zero-order chi connectivity index (χ0) is 14.2. The number of aliphatic hydroxyl groups excluding tert-OH is 1. The highest BCUT2D eigenvalue weighted by molar-refractivity contribution is 5.24. The molecule has 110 valence electrons. The molecule has 2 rings (SSSR count). The van der Waals surface area contributed by atoms with Crippen molar-refractivity contribution in [2.75, 3.05) is 13.1 Å². The second kappa shape index (κ2) is 8.23. The van der Waals surface area contributed by atoms with Gasteiger partial charge in [0.1, 0.15) is 0 Å². The normalized spacial score (nSPS) is 16.8. The number of hydrogen-bond acceptors (Lipinski definition) is 2. The fourth-order valence-corrected chi connectivity index (χ4v) is 2.71. The number of aryl methyl sites for hydroxylation is 1. The molecule has 0 saturated heterocycles. The van der Waals surface area contributed by atoms with Gasteiger partial charge in [-0.1, -0.05) is 42.8 Å². The highest BCUT2D eigenvalue weighted by atomic mass is 16.3. The van der Waals surface area contributed by atoms with Gasteiger partial charge >= 0.3 is 0 Å². The molecule has 2 nitrogen and oxygen atoms in total. The van der Waals surface area contributed by atoms with Crippen LogP contribution in [-0.4, -0.2) is 18.2 Å². The molecule has 0 saturated carbocycles. The highest BCUT2D eigenvalue weighted by Crippen LogP contribution is 2.19. The summed E-state index contributed by atoms with van der Waals surface area (Å²) in [5, 5.41) is 13.5. The Bertz CT molecular complexity index is 422. The third-order valence-electron chi connectivity index (χ3n) is 4.12. The maximum absolute atomic E-state index is 10.1. The van der Waals surface area contributed by atoms with Gasteiger partial charge in [0.25, 0.3) is 0 Å². The van der Waals surface area contributed by atoms with Crippen molar-refractivity contribution in [2.45, 2.75) is 51.6 Å². The molecule has 0 amide bonds. The van der Waals surface area contributed by atoms with Gasteiger partial charge in [0.2, 0.25) is 0 Å². The molecule has 20 heavy (non-hydrogen) atoms. The van der Waals surface area contributed by atoms with E-state index in [9.17, 15) is 5.11 Å². The lowest BCUT2D eigenvalue weighted by Gasteiger charge is -2.15. The first-order valence-corrected chi connectivity index (χ1v) is 7.95. The van der Waals surface area contributed by atoms with Crippen LogP contribution in [0.5, 0.6) is 0 Å². The van der Waals surface area contributed by atoms with E-state index in [4.69, 9.17) is 0 Å². The average molecular weight is 273 g/mol. The summed E-state index contributed by atoms with van der Waals surface area (Å²) in [4.78, 5) is 0. The second-order valence-corrected chi connectivity index (χ2v) is 5.67. The van der Waals surface area contributed by atoms with E-state index in [0.29, 0.717) is 6.54 Å². The van der Waals surface area contributed by atoms with Crippen molar-refractivity contribution in [3.63, 3.8) is 0 Å². The molecule has 0 aliphatic heterocycles. The van der Waals surface area contributed by atoms with E-state index in [0.717, 1.165) is 24.9 Å². The van der Waals surface area contributed by atoms with Crippen molar-refractivity contribution < 1.29 is 5.11 Å². The Kier molecular flexibility index (Phi) is 6.28. The predicted octanol–water partition coefficient (Wildman–Crippen LogP) is 3.76. The lowest BCUT2D eigenvalue weighted by atomic mass is 9.97. The number of hydrogen-bond donors (Lipinski definition) is 2. The van der Waals surface area contributed by atoms with Crippen molar-refractivity contribution in [1.29, 1.82) is 0 Å². The van der Waals surface area contributed by atoms with Gasteiger partial charge < -0.3 is 10.4 Å². The molecule has 1 atom stereocenters. The first kappa shape index (κ1) is 15.3. The summed E-state index contributed by atoms with van der Waals surface area (Å²) < 4.78 is 0. The van der Waals surface area contributed by atoms with Crippen LogP contribution in [-0.2, 0) is 6.42 Å². The van der Waals surface area contributed by atoms with Gasteiger partial charge in [-0.3, -0.25) is 0 Å². The lowest BCUT2D eigenvalue weighted by molar-refractivity contribution is 0.175. The van der Waals surface area contributed by atoms with Crippen LogP contribution in [0.2, 0.25) is 0 Å². The molecule has 0 spiro atoms. The zero-order valence-electron chi connectivity index (χ0n) is 12.6. The molecule has 0 fully saturated rings. The fourth-order valence-electron chi connectivity index (χ4n) is 2.71. The van der Waals surface area contributed by atoms with Crippen molar-refractivity contribution >= 4 is 0 Å². The summed E-state index contributed by atoms with van der Waals surface area (Å²) >= 11 is 0. The van der Waals surface area contributed by atoms with Gasteiger partial charge in [0.15, 0.2) is 0 Å². The van der Waals surface area contributed by atoms with Crippen LogP contribution in [0.15, 0.2) is 35.9 Å². The van der Waals surface area contributed by atoms with Gasteiger partial charge in [-0.05, 0) is 56.2 Å². The topological polar surface area (TPSA) is 32.3 Å². The molecule has 2 N–H and O–H groups in total. The molecule has 1 aliphatic carbocycles. The van der Waals surface area contributed by atoms with Gasteiger partial charge in [0.05, 0.1) is 6.10 Å². The maximum atomic E-state index is 10.1. The summed E-state index contributed by atoms with van der Waals surface area (Å²) in [5.41, 5.74) is 3.91. The second-order valence-electron chi connectivity index (χ2n) is 5.67. The van der Waals surface area contributed by atoms with E-state index in [1.807, 2.05) is 12.1 Å². The number of nitrogens with one attached hydrogen (secondary N) is 1. The van der Waals surface area contributed by atoms with E-state index >= 15 is 0 Å². The third-order valence-corrected chi connectivity index (χ3v) is 4.12. The van der Waals surface area contributed by atoms with Gasteiger partial charge in [0, 0.05) is 6.54 Å². The van der Waals surface area contributed by atoms with E-state index in [1.165, 1.54) is 31.2 Å². The Morgan fingerprint density at radius 3 is 2.65 bits per heavy atom. The summed E-state index contributed by atoms with van der Waals surface area (Å²) in [6, 6.07) is 8.28. The smallest absolute Gasteiger partial charge is 0.0914 e. The first-order valence-electron chi connectivity index (χ1n) is 7.95. The first-order chi connectivity index (χ1) is 9.79. The van der Waals surface area contributed by atoms with Crippen LogP contribution in [0.1, 0.15) is 56.3 Å². The van der Waals surface area contributed by atoms with Gasteiger partial charge in [-0.2, -0.15) is 0 Å². The number of aliphatic hydroxyl groups is 1. The minimum Gasteiger partial charge on any atom is -0.387 e. The molecule has 0 bridgehead atoms. The quantitative estimate of drug-likeness (QED) is 0.585. The standard InChI is InChI=1S/C18H27NO/c1-2-15-8-10-17(11-9-15)18(20)14-19-13-12-16-6-4-3-5-7-16/h6,8-11,18-20H,2-5,7,12-14H2,1H3. The van der Waals surface area contributed by atoms with Crippen LogP contribution in [0, 0.1) is 0 Å². The van der Waals surface area contributed by atoms with Crippen molar-refractivity contribution in [1.82, 2.24) is 5.32 Å². The summed E-state index contributed by atoms with van der Waals surface area (Å²) in [6.07, 6.45) is 9.38. The third kappa shape index (κ3) is 4.77. The largest absolute Gasteiger partial charge is 0.387 e. The molecule has 1 aliphatic rings. The van der Waals surface area contributed by atoms with Gasteiger partial charge in [-0.15, -0.1) is 0 Å². The fraction of sp³-hybridized carbons (Fsp3) is 0.556. The zero-order valence-corrected chi connectivity index (χ0v) is 12.6. The molecule has 1 aromatic rings. The summed E-state index contributed by atoms with van der Waals surface area (Å²) in [6.45, 7) is 3.75. The minimum atomic E-state index is -0.402. The van der Waals surface area contributed by atoms with E-state index in [1.54, 1.807) is 5.57 Å². The minimum absolute atomic E-state index is 0.402. The monoisotopic (exact) mass is 273 g/mol. The molecule has 2 heteroatoms. The SMILES string of the molecule is CCc1ccc(C(O)CNCCC2=CCCCC2)cc1. The van der Waals surface area contributed by atoms with Crippen LogP contribution >= 0.6 is 0 Å². The van der Waals surface area contributed by atoms with Gasteiger partial charge in [-0.25, -0.2) is 0 Å². The molecule has 0 heterocycles. The molecule has 1 aromatic carbocycles. The van der Waals surface area contributed by atoms with Crippen LogP contribution < -0.4 is 5.32 Å². The Morgan fingerprint density at radius 1 is 1.20 bits per heavy atom. The Hall–Kier alpha value is -1.12. The molecule has 0 radical (unpaired) electrons. The lowest BCUT2D eigenvalue weighted by Crippen LogP contribution is -2.23. The Balaban J connectivity index is 1.68. The maximum Gasteiger partial charge on any atom is 0.0914 e. The molecule has 1 unspecified atom stereocenters. The average Bonchev–Trinajstić information content (AvgIpc) is 2.52. The molecule has 0 aromatic heterocycles. The van der Waals surface area contributed by atoms with Crippen molar-refractivity contribution in [2.24, 2.45) is 0 Å². The molecular formula is C18H27NO. The van der Waals surface area contributed by atoms with Crippen molar-refractivity contribution in [3.05, 3.63) is 47.0 Å². The van der Waals surface area contributed by atoms with E-state index < -0.39 is 6.10 Å². The van der Waals surface area contributed by atoms with Crippen LogP contribution in [0.4, 0.5) is 0 Å². The van der Waals surface area contributed by atoms with Crippen molar-refractivity contribution in [3.8, 4) is 0 Å². The molecular weight excluding hydrogens is 246 g/mol. The Labute approximate surface area is 122 Å². The van der Waals surface area contributed by atoms with Crippen LogP contribution in [0.3, 0.4) is 0 Å². The number of allylic oxidation sites excluding steroid dienone is 1. The predicted molar refractivity (Wildman–Crippen MR) is 84.8 cm³/mol. The summed E-state index contributed by atoms with van der Waals surface area (Å²) in [5.74, 6) is 0. The Morgan fingerprint density at radius 2 is 2.00 bits per heavy atom. The van der Waals surface area contributed by atoms with E-state index in [2.05, 4.69) is 30.4 Å². The summed E-state index contributed by atoms with van der Waals surface area (Å²) in [7, 11) is 0. The number of rotatable bonds is 7. The number of benzene rings is 1. The van der Waals surface area contributed by atoms with E-state index in [-0.39, 0.29) is 0 Å². The van der Waals surface area contributed by atoms with Crippen LogP contribution in [0.25, 0.3) is 0 Å².